The first-order valence-electron chi connectivity index (χ1n) is 3.24. The van der Waals surface area contributed by atoms with E-state index in [2.05, 4.69) is 0 Å². The van der Waals surface area contributed by atoms with E-state index in [-0.39, 0.29) is 0 Å². The van der Waals surface area contributed by atoms with Crippen molar-refractivity contribution < 1.29 is 4.18 Å². The van der Waals surface area contributed by atoms with Gasteiger partial charge in [-0.2, -0.15) is 0 Å². The Morgan fingerprint density at radius 2 is 2.00 bits per heavy atom. The lowest BCUT2D eigenvalue weighted by atomic mass is 10.4. The van der Waals surface area contributed by atoms with Crippen LogP contribution in [-0.2, 0) is 4.18 Å². The number of rotatable bonds is 0. The molecule has 1 rings (SSSR count). The van der Waals surface area contributed by atoms with Crippen molar-refractivity contribution >= 4 is 12.0 Å². The Hall–Kier alpha value is 0.310. The van der Waals surface area contributed by atoms with Gasteiger partial charge in [-0.1, -0.05) is 13.8 Å². The molecule has 1 heterocycles. The third-order valence-electron chi connectivity index (χ3n) is 0.789. The molecule has 0 atom stereocenters. The largest absolute Gasteiger partial charge is 0.315 e. The lowest BCUT2D eigenvalue weighted by Gasteiger charge is -2.06. The van der Waals surface area contributed by atoms with Gasteiger partial charge in [0, 0.05) is 5.75 Å². The molecule has 0 unspecified atom stereocenters. The van der Waals surface area contributed by atoms with Gasteiger partial charge in [0.15, 0.2) is 0 Å². The van der Waals surface area contributed by atoms with Crippen molar-refractivity contribution in [2.45, 2.75) is 26.7 Å². The quantitative estimate of drug-likeness (QED) is 0.471. The van der Waals surface area contributed by atoms with Crippen molar-refractivity contribution in [1.29, 1.82) is 0 Å². The normalized spacial score (nSPS) is 18.8. The van der Waals surface area contributed by atoms with E-state index in [0.29, 0.717) is 0 Å². The predicted octanol–water partition coefficient (Wildman–Crippen LogP) is 2.47. The van der Waals surface area contributed by atoms with Gasteiger partial charge in [-0.05, 0) is 24.9 Å². The van der Waals surface area contributed by atoms with Crippen molar-refractivity contribution in [2.75, 3.05) is 12.4 Å². The molecule has 0 spiro atoms. The molecule has 0 radical (unpaired) electrons. The Labute approximate surface area is 56.0 Å². The van der Waals surface area contributed by atoms with E-state index >= 15 is 0 Å². The molecular weight excluding hydrogens is 120 g/mol. The van der Waals surface area contributed by atoms with Gasteiger partial charge < -0.3 is 4.18 Å². The van der Waals surface area contributed by atoms with Crippen LogP contribution in [0.3, 0.4) is 0 Å². The summed E-state index contributed by atoms with van der Waals surface area (Å²) in [6, 6.07) is 0. The predicted molar refractivity (Wildman–Crippen MR) is 39.0 cm³/mol. The third kappa shape index (κ3) is 4.47. The molecule has 50 valence electrons. The zero-order chi connectivity index (χ0) is 6.24. The molecule has 0 aromatic heterocycles. The zero-order valence-corrected chi connectivity index (χ0v) is 6.46. The molecule has 2 heteroatoms. The van der Waals surface area contributed by atoms with Crippen LogP contribution >= 0.6 is 12.0 Å². The molecule has 0 aromatic carbocycles. The molecule has 0 bridgehead atoms. The maximum atomic E-state index is 4.99. The highest BCUT2D eigenvalue weighted by Gasteiger charge is 1.96. The first kappa shape index (κ1) is 8.31. The summed E-state index contributed by atoms with van der Waals surface area (Å²) in [6.45, 7) is 4.96. The minimum absolute atomic E-state index is 0.963. The Bertz CT molecular complexity index is 24.0. The van der Waals surface area contributed by atoms with Crippen LogP contribution < -0.4 is 0 Å². The van der Waals surface area contributed by atoms with Gasteiger partial charge >= 0.3 is 0 Å². The fraction of sp³-hybridized carbons (Fsp3) is 1.00. The summed E-state index contributed by atoms with van der Waals surface area (Å²) in [6.07, 6.45) is 2.59. The van der Waals surface area contributed by atoms with Crippen LogP contribution in [0.4, 0.5) is 0 Å². The summed E-state index contributed by atoms with van der Waals surface area (Å²) in [4.78, 5) is 0. The fourth-order valence-corrected chi connectivity index (χ4v) is 1.12. The summed E-state index contributed by atoms with van der Waals surface area (Å²) >= 11 is 1.59. The maximum Gasteiger partial charge on any atom is 0.0614 e. The molecule has 0 aliphatic carbocycles. The average Bonchev–Trinajstić information content (AvgIpc) is 1.96. The van der Waals surface area contributed by atoms with Crippen LogP contribution in [0.15, 0.2) is 0 Å². The van der Waals surface area contributed by atoms with Crippen molar-refractivity contribution in [3.63, 3.8) is 0 Å². The first-order valence-corrected chi connectivity index (χ1v) is 4.15. The molecule has 1 aliphatic rings. The molecular formula is C6H14OS. The third-order valence-corrected chi connectivity index (χ3v) is 1.58. The van der Waals surface area contributed by atoms with Crippen molar-refractivity contribution in [3.8, 4) is 0 Å². The van der Waals surface area contributed by atoms with Gasteiger partial charge in [-0.3, -0.25) is 0 Å². The Balaban J connectivity index is 0.000000222. The minimum Gasteiger partial charge on any atom is -0.315 e. The van der Waals surface area contributed by atoms with Gasteiger partial charge in [0.25, 0.3) is 0 Å². The standard InChI is InChI=1S/C4H8OS.C2H6/c1-2-4-6-5-3-1;1-2/h1-4H2;1-2H3. The van der Waals surface area contributed by atoms with Crippen LogP contribution in [0, 0.1) is 0 Å². The SMILES string of the molecule is C1CCSOC1.CC. The minimum atomic E-state index is 0.963. The van der Waals surface area contributed by atoms with Crippen LogP contribution in [0.1, 0.15) is 26.7 Å². The van der Waals surface area contributed by atoms with Gasteiger partial charge in [0.2, 0.25) is 0 Å². The van der Waals surface area contributed by atoms with E-state index in [4.69, 9.17) is 4.18 Å². The highest BCUT2D eigenvalue weighted by Crippen LogP contribution is 2.12. The van der Waals surface area contributed by atoms with E-state index < -0.39 is 0 Å². The number of hydrogen-bond donors (Lipinski definition) is 0. The van der Waals surface area contributed by atoms with E-state index in [1.165, 1.54) is 18.6 Å². The van der Waals surface area contributed by atoms with Crippen molar-refractivity contribution in [2.24, 2.45) is 0 Å². The monoisotopic (exact) mass is 134 g/mol. The highest BCUT2D eigenvalue weighted by atomic mass is 32.2. The highest BCUT2D eigenvalue weighted by molar-refractivity contribution is 7.94. The van der Waals surface area contributed by atoms with E-state index in [0.717, 1.165) is 6.61 Å². The topological polar surface area (TPSA) is 9.23 Å². The Morgan fingerprint density at radius 1 is 1.25 bits per heavy atom. The van der Waals surface area contributed by atoms with Crippen molar-refractivity contribution in [1.82, 2.24) is 0 Å². The van der Waals surface area contributed by atoms with Crippen molar-refractivity contribution in [3.05, 3.63) is 0 Å². The summed E-state index contributed by atoms with van der Waals surface area (Å²) < 4.78 is 4.99. The molecule has 0 N–H and O–H groups in total. The molecule has 1 saturated heterocycles. The van der Waals surface area contributed by atoms with Gasteiger partial charge in [-0.15, -0.1) is 0 Å². The second-order valence-electron chi connectivity index (χ2n) is 1.35. The summed E-state index contributed by atoms with van der Waals surface area (Å²) in [5, 5.41) is 0. The summed E-state index contributed by atoms with van der Waals surface area (Å²) in [5.74, 6) is 1.19. The van der Waals surface area contributed by atoms with E-state index in [9.17, 15) is 0 Å². The Morgan fingerprint density at radius 3 is 2.12 bits per heavy atom. The molecule has 0 saturated carbocycles. The maximum absolute atomic E-state index is 4.99. The molecule has 0 amide bonds. The summed E-state index contributed by atoms with van der Waals surface area (Å²) in [5.41, 5.74) is 0. The lowest BCUT2D eigenvalue weighted by molar-refractivity contribution is 0.346. The molecule has 1 fully saturated rings. The van der Waals surface area contributed by atoms with Crippen LogP contribution in [0.25, 0.3) is 0 Å². The molecule has 1 nitrogen and oxygen atoms in total. The fourth-order valence-electron chi connectivity index (χ4n) is 0.440. The van der Waals surface area contributed by atoms with Crippen LogP contribution in [-0.4, -0.2) is 12.4 Å². The molecule has 8 heavy (non-hydrogen) atoms. The second kappa shape index (κ2) is 7.31. The average molecular weight is 134 g/mol. The first-order chi connectivity index (χ1) is 4.00. The van der Waals surface area contributed by atoms with Gasteiger partial charge in [-0.25, -0.2) is 0 Å². The van der Waals surface area contributed by atoms with E-state index in [1.807, 2.05) is 13.8 Å². The number of hydrogen-bond acceptors (Lipinski definition) is 2. The van der Waals surface area contributed by atoms with E-state index in [1.54, 1.807) is 12.0 Å². The second-order valence-corrected chi connectivity index (χ2v) is 2.23. The van der Waals surface area contributed by atoms with Gasteiger partial charge in [0.05, 0.1) is 6.61 Å². The molecule has 0 aromatic rings. The summed E-state index contributed by atoms with van der Waals surface area (Å²) in [7, 11) is 0. The van der Waals surface area contributed by atoms with Crippen LogP contribution in [0.5, 0.6) is 0 Å². The lowest BCUT2D eigenvalue weighted by Crippen LogP contribution is -1.95. The molecule has 1 aliphatic heterocycles. The van der Waals surface area contributed by atoms with Gasteiger partial charge in [0.1, 0.15) is 0 Å². The zero-order valence-electron chi connectivity index (χ0n) is 5.64. The smallest absolute Gasteiger partial charge is 0.0614 e. The Kier molecular flexibility index (Phi) is 7.59. The van der Waals surface area contributed by atoms with Crippen LogP contribution in [0.2, 0.25) is 0 Å².